The van der Waals surface area contributed by atoms with Crippen LogP contribution in [0.2, 0.25) is 0 Å². The van der Waals surface area contributed by atoms with Gasteiger partial charge in [0, 0.05) is 0 Å². The maximum atomic E-state index is 9.75. The van der Waals surface area contributed by atoms with Crippen LogP contribution in [-0.2, 0) is 0 Å². The number of rotatable bonds is 5. The van der Waals surface area contributed by atoms with Crippen molar-refractivity contribution in [3.05, 3.63) is 37.0 Å². The maximum absolute atomic E-state index is 9.75. The van der Waals surface area contributed by atoms with Crippen LogP contribution in [0.5, 0.6) is 0 Å². The zero-order chi connectivity index (χ0) is 10.5. The number of allylic oxidation sites excluding steroid dienone is 3. The number of hydrogen-bond donors (Lipinski definition) is 1. The van der Waals surface area contributed by atoms with Gasteiger partial charge in [0.1, 0.15) is 0 Å². The highest BCUT2D eigenvalue weighted by Crippen LogP contribution is 2.25. The zero-order valence-corrected chi connectivity index (χ0v) is 8.88. The SMILES string of the molecule is C=C/C=C(\C)C(O)CC(C)(C)C=C. The molecule has 1 heteroatoms. The Labute approximate surface area is 81.5 Å². The van der Waals surface area contributed by atoms with Crippen LogP contribution in [0.4, 0.5) is 0 Å². The molecule has 1 unspecified atom stereocenters. The van der Waals surface area contributed by atoms with Crippen molar-refractivity contribution in [2.45, 2.75) is 33.3 Å². The van der Waals surface area contributed by atoms with E-state index in [1.54, 1.807) is 6.08 Å². The van der Waals surface area contributed by atoms with Gasteiger partial charge in [-0.15, -0.1) is 6.58 Å². The van der Waals surface area contributed by atoms with E-state index in [-0.39, 0.29) is 5.41 Å². The highest BCUT2D eigenvalue weighted by molar-refractivity contribution is 5.13. The van der Waals surface area contributed by atoms with E-state index in [1.165, 1.54) is 0 Å². The molecule has 13 heavy (non-hydrogen) atoms. The third-order valence-electron chi connectivity index (χ3n) is 2.18. The summed E-state index contributed by atoms with van der Waals surface area (Å²) < 4.78 is 0. The van der Waals surface area contributed by atoms with Gasteiger partial charge in [0.05, 0.1) is 6.10 Å². The fraction of sp³-hybridized carbons (Fsp3) is 0.500. The lowest BCUT2D eigenvalue weighted by atomic mass is 9.85. The lowest BCUT2D eigenvalue weighted by molar-refractivity contribution is 0.163. The molecule has 0 aromatic heterocycles. The fourth-order valence-electron chi connectivity index (χ4n) is 1.04. The Morgan fingerprint density at radius 3 is 2.38 bits per heavy atom. The number of aliphatic hydroxyl groups is 1. The summed E-state index contributed by atoms with van der Waals surface area (Å²) in [6, 6.07) is 0. The monoisotopic (exact) mass is 180 g/mol. The van der Waals surface area contributed by atoms with E-state index in [2.05, 4.69) is 27.0 Å². The van der Waals surface area contributed by atoms with E-state index < -0.39 is 6.10 Å². The summed E-state index contributed by atoms with van der Waals surface area (Å²) in [7, 11) is 0. The summed E-state index contributed by atoms with van der Waals surface area (Å²) in [6.45, 7) is 13.4. The van der Waals surface area contributed by atoms with Crippen molar-refractivity contribution >= 4 is 0 Å². The van der Waals surface area contributed by atoms with E-state index in [0.29, 0.717) is 6.42 Å². The molecule has 0 aliphatic heterocycles. The summed E-state index contributed by atoms with van der Waals surface area (Å²) in [4.78, 5) is 0. The molecule has 0 saturated heterocycles. The second-order valence-corrected chi connectivity index (χ2v) is 4.06. The van der Waals surface area contributed by atoms with E-state index in [0.717, 1.165) is 5.57 Å². The van der Waals surface area contributed by atoms with Gasteiger partial charge in [0.15, 0.2) is 0 Å². The summed E-state index contributed by atoms with van der Waals surface area (Å²) in [6.07, 6.45) is 5.71. The molecule has 0 heterocycles. The fourth-order valence-corrected chi connectivity index (χ4v) is 1.04. The van der Waals surface area contributed by atoms with Crippen molar-refractivity contribution in [3.8, 4) is 0 Å². The van der Waals surface area contributed by atoms with Crippen LogP contribution in [-0.4, -0.2) is 11.2 Å². The molecule has 0 fully saturated rings. The van der Waals surface area contributed by atoms with Crippen molar-refractivity contribution in [1.29, 1.82) is 0 Å². The Bertz CT molecular complexity index is 211. The minimum atomic E-state index is -0.397. The molecule has 0 aliphatic rings. The number of hydrogen-bond acceptors (Lipinski definition) is 1. The lowest BCUT2D eigenvalue weighted by Crippen LogP contribution is -2.19. The predicted molar refractivity (Wildman–Crippen MR) is 58.6 cm³/mol. The van der Waals surface area contributed by atoms with Crippen LogP contribution in [0, 0.1) is 5.41 Å². The van der Waals surface area contributed by atoms with Gasteiger partial charge in [-0.25, -0.2) is 0 Å². The third-order valence-corrected chi connectivity index (χ3v) is 2.18. The molecule has 74 valence electrons. The molecule has 0 saturated carbocycles. The molecular formula is C12H20O. The van der Waals surface area contributed by atoms with E-state index in [4.69, 9.17) is 0 Å². The Hall–Kier alpha value is -0.820. The van der Waals surface area contributed by atoms with Crippen molar-refractivity contribution in [3.63, 3.8) is 0 Å². The predicted octanol–water partition coefficient (Wildman–Crippen LogP) is 3.08. The van der Waals surface area contributed by atoms with Crippen molar-refractivity contribution < 1.29 is 5.11 Å². The van der Waals surface area contributed by atoms with E-state index in [9.17, 15) is 5.11 Å². The Morgan fingerprint density at radius 1 is 1.46 bits per heavy atom. The van der Waals surface area contributed by atoms with Crippen LogP contribution in [0.15, 0.2) is 37.0 Å². The van der Waals surface area contributed by atoms with Gasteiger partial charge in [0.25, 0.3) is 0 Å². The molecule has 0 aliphatic carbocycles. The molecule has 0 amide bonds. The molecule has 1 atom stereocenters. The highest BCUT2D eigenvalue weighted by atomic mass is 16.3. The van der Waals surface area contributed by atoms with Gasteiger partial charge < -0.3 is 5.11 Å². The standard InChI is InChI=1S/C12H20O/c1-6-8-10(3)11(13)9-12(4,5)7-2/h6-8,11,13H,1-2,9H2,3-5H3/b10-8+. The summed E-state index contributed by atoms with van der Waals surface area (Å²) in [5, 5.41) is 9.75. The normalized spacial score (nSPS) is 15.2. The van der Waals surface area contributed by atoms with Crippen LogP contribution in [0.25, 0.3) is 0 Å². The lowest BCUT2D eigenvalue weighted by Gasteiger charge is -2.23. The maximum Gasteiger partial charge on any atom is 0.0758 e. The first-order chi connectivity index (χ1) is 5.93. The first-order valence-corrected chi connectivity index (χ1v) is 4.54. The minimum Gasteiger partial charge on any atom is -0.389 e. The topological polar surface area (TPSA) is 20.2 Å². The smallest absolute Gasteiger partial charge is 0.0758 e. The molecular weight excluding hydrogens is 160 g/mol. The van der Waals surface area contributed by atoms with E-state index >= 15 is 0 Å². The molecule has 0 rings (SSSR count). The van der Waals surface area contributed by atoms with Gasteiger partial charge in [-0.2, -0.15) is 0 Å². The Kier molecular flexibility index (Phi) is 4.71. The zero-order valence-electron chi connectivity index (χ0n) is 8.88. The Morgan fingerprint density at radius 2 is 2.00 bits per heavy atom. The van der Waals surface area contributed by atoms with Crippen LogP contribution in [0.3, 0.4) is 0 Å². The van der Waals surface area contributed by atoms with Crippen LogP contribution < -0.4 is 0 Å². The summed E-state index contributed by atoms with van der Waals surface area (Å²) >= 11 is 0. The molecule has 0 aromatic rings. The van der Waals surface area contributed by atoms with Crippen molar-refractivity contribution in [1.82, 2.24) is 0 Å². The minimum absolute atomic E-state index is 0.0182. The first kappa shape index (κ1) is 12.2. The molecule has 1 N–H and O–H groups in total. The molecule has 0 aromatic carbocycles. The quantitative estimate of drug-likeness (QED) is 0.509. The molecule has 1 nitrogen and oxygen atoms in total. The summed E-state index contributed by atoms with van der Waals surface area (Å²) in [5.74, 6) is 0. The number of aliphatic hydroxyl groups excluding tert-OH is 1. The average molecular weight is 180 g/mol. The van der Waals surface area contributed by atoms with Crippen molar-refractivity contribution in [2.75, 3.05) is 0 Å². The molecule has 0 radical (unpaired) electrons. The highest BCUT2D eigenvalue weighted by Gasteiger charge is 2.18. The summed E-state index contributed by atoms with van der Waals surface area (Å²) in [5.41, 5.74) is 0.931. The van der Waals surface area contributed by atoms with Gasteiger partial charge in [-0.3, -0.25) is 0 Å². The van der Waals surface area contributed by atoms with Crippen LogP contribution in [0.1, 0.15) is 27.2 Å². The van der Waals surface area contributed by atoms with Gasteiger partial charge in [0.2, 0.25) is 0 Å². The second kappa shape index (κ2) is 5.03. The first-order valence-electron chi connectivity index (χ1n) is 4.54. The van der Waals surface area contributed by atoms with Gasteiger partial charge >= 0.3 is 0 Å². The molecule has 0 spiro atoms. The van der Waals surface area contributed by atoms with E-state index in [1.807, 2.05) is 19.1 Å². The van der Waals surface area contributed by atoms with Crippen LogP contribution >= 0.6 is 0 Å². The Balaban J connectivity index is 4.30. The van der Waals surface area contributed by atoms with Gasteiger partial charge in [-0.05, 0) is 24.3 Å². The second-order valence-electron chi connectivity index (χ2n) is 4.06. The third kappa shape index (κ3) is 4.69. The van der Waals surface area contributed by atoms with Gasteiger partial charge in [-0.1, -0.05) is 38.7 Å². The molecule has 0 bridgehead atoms. The largest absolute Gasteiger partial charge is 0.389 e. The average Bonchev–Trinajstić information content (AvgIpc) is 2.04. The van der Waals surface area contributed by atoms with Crippen molar-refractivity contribution in [2.24, 2.45) is 5.41 Å².